The van der Waals surface area contributed by atoms with Gasteiger partial charge in [-0.1, -0.05) is 76.7 Å². The number of carbonyl (C=O) groups excluding carboxylic acids is 1. The smallest absolute Gasteiger partial charge is 0.428 e. The molecule has 4 rings (SSSR count). The van der Waals surface area contributed by atoms with E-state index < -0.39 is 11.8 Å². The maximum absolute atomic E-state index is 12.6. The number of fused-ring (bicyclic) bond motifs is 1. The first kappa shape index (κ1) is 27.7. The van der Waals surface area contributed by atoms with Gasteiger partial charge in [-0.3, -0.25) is 0 Å². The molecule has 0 radical (unpaired) electrons. The molecule has 1 heterocycles. The van der Waals surface area contributed by atoms with Gasteiger partial charge in [0.2, 0.25) is 0 Å². The number of nitrogens with zero attached hydrogens (tertiary/aromatic N) is 3. The predicted octanol–water partition coefficient (Wildman–Crippen LogP) is 8.60. The molecule has 0 amide bonds. The molecule has 0 N–H and O–H groups in total. The van der Waals surface area contributed by atoms with Gasteiger partial charge in [0.1, 0.15) is 22.3 Å². The van der Waals surface area contributed by atoms with Crippen molar-refractivity contribution in [2.45, 2.75) is 82.6 Å². The van der Waals surface area contributed by atoms with E-state index in [4.69, 9.17) is 19.7 Å². The fraction of sp³-hybridized carbons (Fsp3) is 0.387. The van der Waals surface area contributed by atoms with Crippen molar-refractivity contribution in [2.75, 3.05) is 0 Å². The summed E-state index contributed by atoms with van der Waals surface area (Å²) in [6.07, 6.45) is 0.204. The van der Waals surface area contributed by atoms with Crippen LogP contribution in [0.2, 0.25) is 0 Å². The number of carbonyl (C=O) groups is 1. The molecule has 200 valence electrons. The molecule has 0 bridgehead atoms. The van der Waals surface area contributed by atoms with Gasteiger partial charge in [0.15, 0.2) is 5.75 Å². The maximum atomic E-state index is 12.6. The molecule has 4 aromatic rings. The first-order chi connectivity index (χ1) is 17.7. The van der Waals surface area contributed by atoms with Crippen LogP contribution in [-0.2, 0) is 10.2 Å². The molecular formula is C31H37N3O3S. The van der Waals surface area contributed by atoms with E-state index in [9.17, 15) is 4.79 Å². The molecule has 3 aromatic carbocycles. The summed E-state index contributed by atoms with van der Waals surface area (Å²) >= 11 is 1.64. The summed E-state index contributed by atoms with van der Waals surface area (Å²) in [6.45, 7) is 16.6. The van der Waals surface area contributed by atoms with Crippen molar-refractivity contribution in [3.8, 4) is 11.4 Å². The number of ether oxygens (including phenoxy) is 2. The lowest BCUT2D eigenvalue weighted by molar-refractivity contribution is 0.0205. The molecule has 1 aromatic heterocycles. The van der Waals surface area contributed by atoms with Gasteiger partial charge in [-0.15, -0.1) is 15.0 Å². The van der Waals surface area contributed by atoms with E-state index in [1.54, 1.807) is 37.3 Å². The summed E-state index contributed by atoms with van der Waals surface area (Å²) in [6, 6.07) is 22.0. The van der Waals surface area contributed by atoms with Crippen LogP contribution < -0.4 is 4.74 Å². The summed E-state index contributed by atoms with van der Waals surface area (Å²) in [5, 5.41) is 9.66. The molecule has 0 aliphatic rings. The highest BCUT2D eigenvalue weighted by Gasteiger charge is 2.29. The zero-order chi connectivity index (χ0) is 27.7. The van der Waals surface area contributed by atoms with Crippen LogP contribution in [0.4, 0.5) is 4.79 Å². The third kappa shape index (κ3) is 6.95. The standard InChI is InChI=1S/C31H37N3O3S/c1-29(2,3)20-31(7,8)21-17-18-25(36-28(35)37-30(4,5)6)24(19-21)34-32-23-15-12-16-26(27(23)33-34)38-22-13-10-9-11-14-22/h9-19H,20H2,1-8H3. The highest BCUT2D eigenvalue weighted by atomic mass is 32.2. The van der Waals surface area contributed by atoms with Crippen LogP contribution in [0.3, 0.4) is 0 Å². The molecule has 0 aliphatic carbocycles. The Bertz CT molecular complexity index is 1430. The van der Waals surface area contributed by atoms with Gasteiger partial charge in [0, 0.05) is 9.79 Å². The first-order valence-electron chi connectivity index (χ1n) is 12.8. The summed E-state index contributed by atoms with van der Waals surface area (Å²) in [5.41, 5.74) is 2.57. The Hall–Kier alpha value is -3.32. The second-order valence-corrected chi connectivity index (χ2v) is 13.5. The lowest BCUT2D eigenvalue weighted by atomic mass is 9.72. The van der Waals surface area contributed by atoms with Crippen molar-refractivity contribution in [3.63, 3.8) is 0 Å². The molecule has 0 aliphatic heterocycles. The Morgan fingerprint density at radius 2 is 1.58 bits per heavy atom. The number of hydrogen-bond acceptors (Lipinski definition) is 6. The highest BCUT2D eigenvalue weighted by molar-refractivity contribution is 7.99. The zero-order valence-corrected chi connectivity index (χ0v) is 24.3. The van der Waals surface area contributed by atoms with Gasteiger partial charge in [-0.2, -0.15) is 0 Å². The molecule has 7 heteroatoms. The largest absolute Gasteiger partial charge is 0.514 e. The van der Waals surface area contributed by atoms with Gasteiger partial charge in [0.05, 0.1) is 0 Å². The second-order valence-electron chi connectivity index (χ2n) is 12.4. The van der Waals surface area contributed by atoms with E-state index >= 15 is 0 Å². The van der Waals surface area contributed by atoms with Gasteiger partial charge >= 0.3 is 6.16 Å². The Morgan fingerprint density at radius 1 is 0.868 bits per heavy atom. The number of benzene rings is 3. The summed E-state index contributed by atoms with van der Waals surface area (Å²) in [5.74, 6) is 0.340. The van der Waals surface area contributed by atoms with E-state index in [-0.39, 0.29) is 10.8 Å². The van der Waals surface area contributed by atoms with Crippen molar-refractivity contribution < 1.29 is 14.3 Å². The molecular weight excluding hydrogens is 494 g/mol. The van der Waals surface area contributed by atoms with Crippen LogP contribution in [0.25, 0.3) is 16.7 Å². The van der Waals surface area contributed by atoms with Crippen molar-refractivity contribution in [1.82, 2.24) is 15.0 Å². The van der Waals surface area contributed by atoms with Crippen LogP contribution >= 0.6 is 11.8 Å². The lowest BCUT2D eigenvalue weighted by Crippen LogP contribution is -2.27. The SMILES string of the molecule is CC(C)(C)CC(C)(C)c1ccc(OC(=O)OC(C)(C)C)c(-n2nc3cccc(Sc4ccccc4)c3n2)c1. The molecule has 38 heavy (non-hydrogen) atoms. The van der Waals surface area contributed by atoms with Crippen molar-refractivity contribution in [2.24, 2.45) is 5.41 Å². The summed E-state index contributed by atoms with van der Waals surface area (Å²) in [7, 11) is 0. The highest BCUT2D eigenvalue weighted by Crippen LogP contribution is 2.39. The van der Waals surface area contributed by atoms with Crippen LogP contribution in [0.5, 0.6) is 5.75 Å². The van der Waals surface area contributed by atoms with Gasteiger partial charge in [-0.05, 0) is 80.0 Å². The van der Waals surface area contributed by atoms with E-state index in [2.05, 4.69) is 46.8 Å². The molecule has 0 saturated carbocycles. The van der Waals surface area contributed by atoms with Crippen LogP contribution in [0, 0.1) is 5.41 Å². The molecule has 0 atom stereocenters. The van der Waals surface area contributed by atoms with Crippen LogP contribution in [-0.4, -0.2) is 26.8 Å². The number of aromatic nitrogens is 3. The predicted molar refractivity (Wildman–Crippen MR) is 153 cm³/mol. The monoisotopic (exact) mass is 531 g/mol. The minimum atomic E-state index is -0.766. The Morgan fingerprint density at radius 3 is 2.24 bits per heavy atom. The molecule has 0 saturated heterocycles. The average molecular weight is 532 g/mol. The minimum Gasteiger partial charge on any atom is -0.428 e. The second kappa shape index (κ2) is 10.4. The fourth-order valence-corrected chi connectivity index (χ4v) is 5.62. The third-order valence-corrected chi connectivity index (χ3v) is 6.91. The third-order valence-electron chi connectivity index (χ3n) is 5.86. The van der Waals surface area contributed by atoms with Crippen molar-refractivity contribution in [1.29, 1.82) is 0 Å². The maximum Gasteiger partial charge on any atom is 0.514 e. The lowest BCUT2D eigenvalue weighted by Gasteiger charge is -2.33. The van der Waals surface area contributed by atoms with E-state index in [0.717, 1.165) is 32.8 Å². The molecule has 0 unspecified atom stereocenters. The van der Waals surface area contributed by atoms with E-state index in [0.29, 0.717) is 11.4 Å². The van der Waals surface area contributed by atoms with Gasteiger partial charge < -0.3 is 9.47 Å². The fourth-order valence-electron chi connectivity index (χ4n) is 4.69. The van der Waals surface area contributed by atoms with Crippen molar-refractivity contribution >= 4 is 29.0 Å². The van der Waals surface area contributed by atoms with Gasteiger partial charge in [0.25, 0.3) is 0 Å². The quantitative estimate of drug-likeness (QED) is 0.183. The van der Waals surface area contributed by atoms with Gasteiger partial charge in [-0.25, -0.2) is 4.79 Å². The van der Waals surface area contributed by atoms with E-state index in [1.165, 1.54) is 0 Å². The summed E-state index contributed by atoms with van der Waals surface area (Å²) < 4.78 is 11.1. The first-order valence-corrected chi connectivity index (χ1v) is 13.7. The Kier molecular flexibility index (Phi) is 7.62. The Balaban J connectivity index is 1.80. The summed E-state index contributed by atoms with van der Waals surface area (Å²) in [4.78, 5) is 16.3. The number of hydrogen-bond donors (Lipinski definition) is 0. The molecule has 6 nitrogen and oxygen atoms in total. The molecule has 0 spiro atoms. The van der Waals surface area contributed by atoms with Crippen LogP contribution in [0.1, 0.15) is 67.4 Å². The Labute approximate surface area is 229 Å². The topological polar surface area (TPSA) is 66.2 Å². The average Bonchev–Trinajstić information content (AvgIpc) is 3.22. The minimum absolute atomic E-state index is 0.127. The van der Waals surface area contributed by atoms with E-state index in [1.807, 2.05) is 54.6 Å². The number of rotatable bonds is 6. The molecule has 0 fully saturated rings. The van der Waals surface area contributed by atoms with Crippen molar-refractivity contribution in [3.05, 3.63) is 72.3 Å². The van der Waals surface area contributed by atoms with Crippen LogP contribution in [0.15, 0.2) is 76.5 Å². The zero-order valence-electron chi connectivity index (χ0n) is 23.5. The normalized spacial score (nSPS) is 12.5.